The van der Waals surface area contributed by atoms with Gasteiger partial charge >= 0.3 is 0 Å². The number of amides is 1. The molecule has 0 saturated carbocycles. The number of hydrogen-bond donors (Lipinski definition) is 0. The number of fused-ring (bicyclic) bond motifs is 1. The van der Waals surface area contributed by atoms with Gasteiger partial charge in [0.25, 0.3) is 11.5 Å². The molecule has 1 aliphatic heterocycles. The predicted molar refractivity (Wildman–Crippen MR) is 110 cm³/mol. The van der Waals surface area contributed by atoms with Crippen LogP contribution in [0.5, 0.6) is 0 Å². The Hall–Kier alpha value is -4.14. The molecule has 0 bridgehead atoms. The van der Waals surface area contributed by atoms with Gasteiger partial charge in [-0.2, -0.15) is 0 Å². The van der Waals surface area contributed by atoms with E-state index in [2.05, 4.69) is 15.2 Å². The van der Waals surface area contributed by atoms with Gasteiger partial charge < -0.3 is 4.90 Å². The van der Waals surface area contributed by atoms with Crippen LogP contribution >= 0.6 is 0 Å². The van der Waals surface area contributed by atoms with Gasteiger partial charge in [0.15, 0.2) is 0 Å². The highest BCUT2D eigenvalue weighted by Gasteiger charge is 2.23. The summed E-state index contributed by atoms with van der Waals surface area (Å²) in [6.07, 6.45) is 6.93. The normalized spacial score (nSPS) is 13.1. The zero-order valence-electron chi connectivity index (χ0n) is 16.3. The van der Waals surface area contributed by atoms with Crippen molar-refractivity contribution in [1.29, 1.82) is 0 Å². The second-order valence-electron chi connectivity index (χ2n) is 7.26. The number of nitrogens with zero attached hydrogens (tertiary/aromatic N) is 6. The molecule has 0 saturated heterocycles. The Morgan fingerprint density at radius 2 is 1.77 bits per heavy atom. The van der Waals surface area contributed by atoms with Gasteiger partial charge in [-0.1, -0.05) is 0 Å². The Kier molecular flexibility index (Phi) is 4.62. The molecule has 9 heteroatoms. The van der Waals surface area contributed by atoms with E-state index in [1.54, 1.807) is 46.0 Å². The molecule has 5 rings (SSSR count). The molecule has 0 N–H and O–H groups in total. The molecule has 0 aliphatic carbocycles. The molecule has 0 atom stereocenters. The third-order valence-corrected chi connectivity index (χ3v) is 5.31. The molecular weight excluding hydrogens is 399 g/mol. The third-order valence-electron chi connectivity index (χ3n) is 5.31. The van der Waals surface area contributed by atoms with Gasteiger partial charge in [-0.3, -0.25) is 18.7 Å². The Bertz CT molecular complexity index is 1300. The van der Waals surface area contributed by atoms with Crippen LogP contribution in [0, 0.1) is 5.82 Å². The maximum Gasteiger partial charge on any atom is 0.255 e. The smallest absolute Gasteiger partial charge is 0.255 e. The molecule has 31 heavy (non-hydrogen) atoms. The molecule has 1 aliphatic rings. The lowest BCUT2D eigenvalue weighted by Crippen LogP contribution is -2.37. The fourth-order valence-corrected chi connectivity index (χ4v) is 3.67. The monoisotopic (exact) mass is 416 g/mol. The van der Waals surface area contributed by atoms with Crippen LogP contribution in [-0.4, -0.2) is 41.7 Å². The van der Waals surface area contributed by atoms with E-state index in [0.29, 0.717) is 36.6 Å². The van der Waals surface area contributed by atoms with Gasteiger partial charge in [-0.05, 0) is 53.9 Å². The number of carbonyl (C=O) groups is 1. The second-order valence-corrected chi connectivity index (χ2v) is 7.26. The predicted octanol–water partition coefficient (Wildman–Crippen LogP) is 2.15. The number of rotatable bonds is 3. The standard InChI is InChI=1S/C22H17FN6O2/c23-18-2-4-19(5-3-18)29-12-17-11-27(8-7-15(17)9-21(29)30)22(31)16-1-6-20(24-10-16)28-13-25-26-14-28/h1-6,9-10,12-14H,7-8,11H2. The first kappa shape index (κ1) is 18.9. The molecule has 0 unspecified atom stereocenters. The SMILES string of the molecule is O=C(c1ccc(-n2cnnc2)nc1)N1CCc2cc(=O)n(-c3ccc(F)cc3)cc2C1. The zero-order chi connectivity index (χ0) is 21.4. The highest BCUT2D eigenvalue weighted by molar-refractivity contribution is 5.94. The molecule has 8 nitrogen and oxygen atoms in total. The largest absolute Gasteiger partial charge is 0.334 e. The molecule has 4 aromatic rings. The highest BCUT2D eigenvalue weighted by atomic mass is 19.1. The number of hydrogen-bond acceptors (Lipinski definition) is 5. The van der Waals surface area contributed by atoms with Crippen molar-refractivity contribution in [3.63, 3.8) is 0 Å². The minimum atomic E-state index is -0.365. The highest BCUT2D eigenvalue weighted by Crippen LogP contribution is 2.21. The summed E-state index contributed by atoms with van der Waals surface area (Å²) in [5.41, 5.74) is 2.68. The molecule has 4 heterocycles. The van der Waals surface area contributed by atoms with Gasteiger partial charge in [0, 0.05) is 37.2 Å². The summed E-state index contributed by atoms with van der Waals surface area (Å²) >= 11 is 0. The van der Waals surface area contributed by atoms with E-state index in [-0.39, 0.29) is 17.3 Å². The summed E-state index contributed by atoms with van der Waals surface area (Å²) in [5, 5.41) is 7.49. The van der Waals surface area contributed by atoms with Gasteiger partial charge in [0.1, 0.15) is 24.3 Å². The summed E-state index contributed by atoms with van der Waals surface area (Å²) in [6, 6.07) is 10.8. The molecule has 0 fully saturated rings. The fraction of sp³-hybridized carbons (Fsp3) is 0.136. The maximum absolute atomic E-state index is 13.2. The summed E-state index contributed by atoms with van der Waals surface area (Å²) in [4.78, 5) is 31.6. The van der Waals surface area contributed by atoms with Crippen LogP contribution in [0.4, 0.5) is 4.39 Å². The van der Waals surface area contributed by atoms with Crippen molar-refractivity contribution >= 4 is 5.91 Å². The molecule has 0 radical (unpaired) electrons. The van der Waals surface area contributed by atoms with Crippen molar-refractivity contribution < 1.29 is 9.18 Å². The third kappa shape index (κ3) is 3.61. The van der Waals surface area contributed by atoms with Crippen LogP contribution in [-0.2, 0) is 13.0 Å². The van der Waals surface area contributed by atoms with E-state index in [1.165, 1.54) is 35.6 Å². The Labute approximate surface area is 176 Å². The van der Waals surface area contributed by atoms with Crippen LogP contribution in [0.3, 0.4) is 0 Å². The molecule has 3 aromatic heterocycles. The molecule has 1 amide bonds. The van der Waals surface area contributed by atoms with Crippen molar-refractivity contribution in [2.45, 2.75) is 13.0 Å². The lowest BCUT2D eigenvalue weighted by molar-refractivity contribution is 0.0734. The van der Waals surface area contributed by atoms with Crippen LogP contribution in [0.2, 0.25) is 0 Å². The number of benzene rings is 1. The van der Waals surface area contributed by atoms with Crippen molar-refractivity contribution in [3.8, 4) is 11.5 Å². The Morgan fingerprint density at radius 1 is 1.00 bits per heavy atom. The maximum atomic E-state index is 13.2. The molecule has 0 spiro atoms. The van der Waals surface area contributed by atoms with E-state index >= 15 is 0 Å². The molecular formula is C22H17FN6O2. The second kappa shape index (κ2) is 7.60. The van der Waals surface area contributed by atoms with Crippen LogP contribution in [0.25, 0.3) is 11.5 Å². The number of halogens is 1. The van der Waals surface area contributed by atoms with Crippen molar-refractivity contribution in [2.75, 3.05) is 6.54 Å². The van der Waals surface area contributed by atoms with E-state index in [9.17, 15) is 14.0 Å². The van der Waals surface area contributed by atoms with Crippen molar-refractivity contribution in [1.82, 2.24) is 29.2 Å². The van der Waals surface area contributed by atoms with Crippen molar-refractivity contribution in [2.24, 2.45) is 0 Å². The van der Waals surface area contributed by atoms with Gasteiger partial charge in [-0.25, -0.2) is 9.37 Å². The van der Waals surface area contributed by atoms with E-state index in [4.69, 9.17) is 0 Å². The zero-order valence-corrected chi connectivity index (χ0v) is 16.3. The van der Waals surface area contributed by atoms with Gasteiger partial charge in [-0.15, -0.1) is 10.2 Å². The minimum Gasteiger partial charge on any atom is -0.334 e. The average Bonchev–Trinajstić information content (AvgIpc) is 3.34. The lowest BCUT2D eigenvalue weighted by atomic mass is 10.0. The topological polar surface area (TPSA) is 85.9 Å². The quantitative estimate of drug-likeness (QED) is 0.511. The molecule has 1 aromatic carbocycles. The summed E-state index contributed by atoms with van der Waals surface area (Å²) < 4.78 is 16.4. The summed E-state index contributed by atoms with van der Waals surface area (Å²) in [7, 11) is 0. The Morgan fingerprint density at radius 3 is 2.48 bits per heavy atom. The minimum absolute atomic E-state index is 0.131. The summed E-state index contributed by atoms with van der Waals surface area (Å²) in [5.74, 6) is 0.123. The summed E-state index contributed by atoms with van der Waals surface area (Å²) in [6.45, 7) is 0.891. The van der Waals surface area contributed by atoms with E-state index in [1.807, 2.05) is 0 Å². The first-order chi connectivity index (χ1) is 15.1. The first-order valence-corrected chi connectivity index (χ1v) is 9.69. The lowest BCUT2D eigenvalue weighted by Gasteiger charge is -2.29. The van der Waals surface area contributed by atoms with Gasteiger partial charge in [0.05, 0.1) is 5.56 Å². The number of pyridine rings is 2. The van der Waals surface area contributed by atoms with E-state index < -0.39 is 0 Å². The average molecular weight is 416 g/mol. The number of aromatic nitrogens is 5. The Balaban J connectivity index is 1.39. The van der Waals surface area contributed by atoms with Crippen LogP contribution < -0.4 is 5.56 Å². The first-order valence-electron chi connectivity index (χ1n) is 9.69. The van der Waals surface area contributed by atoms with Crippen LogP contribution in [0.15, 0.2) is 72.3 Å². The molecule has 154 valence electrons. The van der Waals surface area contributed by atoms with Crippen molar-refractivity contribution in [3.05, 3.63) is 100 Å². The van der Waals surface area contributed by atoms with E-state index in [0.717, 1.165) is 11.1 Å². The van der Waals surface area contributed by atoms with Gasteiger partial charge in [0.2, 0.25) is 0 Å². The number of carbonyl (C=O) groups excluding carboxylic acids is 1. The van der Waals surface area contributed by atoms with Crippen LogP contribution in [0.1, 0.15) is 21.5 Å². The fourth-order valence-electron chi connectivity index (χ4n) is 3.67.